The van der Waals surface area contributed by atoms with Crippen LogP contribution in [0.25, 0.3) is 27.6 Å². The molecular weight excluding hydrogens is 218 g/mol. The van der Waals surface area contributed by atoms with Crippen molar-refractivity contribution in [1.82, 2.24) is 0 Å². The van der Waals surface area contributed by atoms with Crippen molar-refractivity contribution >= 4 is 33.3 Å². The van der Waals surface area contributed by atoms with Gasteiger partial charge in [-0.2, -0.15) is 0 Å². The van der Waals surface area contributed by atoms with E-state index in [1.165, 1.54) is 32.7 Å². The number of nitrogens with two attached hydrogens (primary N) is 1. The molecule has 0 radical (unpaired) electrons. The highest BCUT2D eigenvalue weighted by Crippen LogP contribution is 2.32. The van der Waals surface area contributed by atoms with E-state index in [9.17, 15) is 0 Å². The van der Waals surface area contributed by atoms with Gasteiger partial charge in [-0.25, -0.2) is 0 Å². The molecule has 1 heteroatoms. The zero-order chi connectivity index (χ0) is 12.7. The van der Waals surface area contributed by atoms with Gasteiger partial charge in [-0.3, -0.25) is 0 Å². The Morgan fingerprint density at radius 3 is 2.56 bits per heavy atom. The average molecular weight is 233 g/mol. The lowest BCUT2D eigenvalue weighted by atomic mass is 9.94. The van der Waals surface area contributed by atoms with E-state index >= 15 is 0 Å². The summed E-state index contributed by atoms with van der Waals surface area (Å²) in [7, 11) is 0. The second kappa shape index (κ2) is 3.88. The number of nitrogen functional groups attached to an aromatic ring is 1. The topological polar surface area (TPSA) is 26.0 Å². The predicted octanol–water partition coefficient (Wildman–Crippen LogP) is 4.53. The number of rotatable bonds is 1. The molecule has 0 heterocycles. The van der Waals surface area contributed by atoms with Gasteiger partial charge in [0.1, 0.15) is 0 Å². The molecule has 3 aromatic carbocycles. The molecule has 0 unspecified atom stereocenters. The van der Waals surface area contributed by atoms with Gasteiger partial charge in [0.25, 0.3) is 0 Å². The van der Waals surface area contributed by atoms with Gasteiger partial charge in [-0.05, 0) is 51.7 Å². The lowest BCUT2D eigenvalue weighted by Crippen LogP contribution is -1.89. The SMILES string of the molecule is C=Cc1cccc2ccc3cc(N)cc(C)c3c12. The normalized spacial score (nSPS) is 10.9. The summed E-state index contributed by atoms with van der Waals surface area (Å²) in [6, 6.07) is 14.6. The summed E-state index contributed by atoms with van der Waals surface area (Å²) < 4.78 is 0. The fourth-order valence-corrected chi connectivity index (χ4v) is 2.68. The third-order valence-electron chi connectivity index (χ3n) is 3.43. The maximum Gasteiger partial charge on any atom is 0.0323 e. The molecule has 0 bridgehead atoms. The third kappa shape index (κ3) is 1.48. The number of hydrogen-bond donors (Lipinski definition) is 1. The van der Waals surface area contributed by atoms with Crippen molar-refractivity contribution in [3.05, 3.63) is 60.2 Å². The first-order valence-electron chi connectivity index (χ1n) is 6.04. The summed E-state index contributed by atoms with van der Waals surface area (Å²) in [5, 5.41) is 4.97. The molecule has 0 amide bonds. The third-order valence-corrected chi connectivity index (χ3v) is 3.43. The van der Waals surface area contributed by atoms with Gasteiger partial charge >= 0.3 is 0 Å². The van der Waals surface area contributed by atoms with Crippen LogP contribution in [-0.2, 0) is 0 Å². The summed E-state index contributed by atoms with van der Waals surface area (Å²) in [6.07, 6.45) is 1.91. The quantitative estimate of drug-likeness (QED) is 0.485. The highest BCUT2D eigenvalue weighted by molar-refractivity contribution is 6.13. The van der Waals surface area contributed by atoms with Crippen LogP contribution in [0.3, 0.4) is 0 Å². The van der Waals surface area contributed by atoms with E-state index in [4.69, 9.17) is 5.73 Å². The summed E-state index contributed by atoms with van der Waals surface area (Å²) in [6.45, 7) is 6.02. The summed E-state index contributed by atoms with van der Waals surface area (Å²) in [4.78, 5) is 0. The maximum atomic E-state index is 5.92. The molecule has 0 atom stereocenters. The number of hydrogen-bond acceptors (Lipinski definition) is 1. The van der Waals surface area contributed by atoms with Gasteiger partial charge in [0.2, 0.25) is 0 Å². The molecule has 88 valence electrons. The Morgan fingerprint density at radius 2 is 1.78 bits per heavy atom. The van der Waals surface area contributed by atoms with Crippen molar-refractivity contribution in [3.8, 4) is 0 Å². The average Bonchev–Trinajstić information content (AvgIpc) is 2.37. The minimum atomic E-state index is 0.815. The lowest BCUT2D eigenvalue weighted by Gasteiger charge is -2.10. The van der Waals surface area contributed by atoms with Crippen LogP contribution in [0, 0.1) is 6.92 Å². The van der Waals surface area contributed by atoms with Crippen LogP contribution in [0.2, 0.25) is 0 Å². The number of fused-ring (bicyclic) bond motifs is 3. The van der Waals surface area contributed by atoms with E-state index < -0.39 is 0 Å². The summed E-state index contributed by atoms with van der Waals surface area (Å²) in [5.74, 6) is 0. The van der Waals surface area contributed by atoms with Crippen LogP contribution >= 0.6 is 0 Å². The summed E-state index contributed by atoms with van der Waals surface area (Å²) in [5.41, 5.74) is 9.12. The van der Waals surface area contributed by atoms with Gasteiger partial charge in [-0.15, -0.1) is 0 Å². The van der Waals surface area contributed by atoms with E-state index in [2.05, 4.69) is 43.8 Å². The van der Waals surface area contributed by atoms with E-state index in [1.807, 2.05) is 18.2 Å². The van der Waals surface area contributed by atoms with Crippen LogP contribution in [0.1, 0.15) is 11.1 Å². The molecule has 0 aliphatic heterocycles. The van der Waals surface area contributed by atoms with E-state index in [-0.39, 0.29) is 0 Å². The van der Waals surface area contributed by atoms with Crippen molar-refractivity contribution in [2.24, 2.45) is 0 Å². The van der Waals surface area contributed by atoms with E-state index in [0.717, 1.165) is 5.69 Å². The molecule has 3 rings (SSSR count). The zero-order valence-electron chi connectivity index (χ0n) is 10.4. The van der Waals surface area contributed by atoms with Gasteiger partial charge in [-0.1, -0.05) is 43.0 Å². The van der Waals surface area contributed by atoms with Crippen molar-refractivity contribution in [1.29, 1.82) is 0 Å². The fraction of sp³-hybridized carbons (Fsp3) is 0.0588. The first-order valence-corrected chi connectivity index (χ1v) is 6.04. The molecule has 3 aromatic rings. The Bertz CT molecular complexity index is 769. The molecule has 0 saturated heterocycles. The Morgan fingerprint density at radius 1 is 1.00 bits per heavy atom. The van der Waals surface area contributed by atoms with Crippen LogP contribution in [0.5, 0.6) is 0 Å². The number of anilines is 1. The largest absolute Gasteiger partial charge is 0.399 e. The van der Waals surface area contributed by atoms with Crippen molar-refractivity contribution in [2.75, 3.05) is 5.73 Å². The zero-order valence-corrected chi connectivity index (χ0v) is 10.4. The highest BCUT2D eigenvalue weighted by Gasteiger charge is 2.06. The lowest BCUT2D eigenvalue weighted by molar-refractivity contribution is 1.54. The monoisotopic (exact) mass is 233 g/mol. The van der Waals surface area contributed by atoms with Gasteiger partial charge < -0.3 is 5.73 Å². The Hall–Kier alpha value is -2.28. The smallest absolute Gasteiger partial charge is 0.0323 e. The number of aryl methyl sites for hydroxylation is 1. The Balaban J connectivity index is 2.63. The predicted molar refractivity (Wildman–Crippen MR) is 80.7 cm³/mol. The Kier molecular flexibility index (Phi) is 2.34. The molecule has 0 aromatic heterocycles. The first-order chi connectivity index (χ1) is 8.70. The van der Waals surface area contributed by atoms with Gasteiger partial charge in [0, 0.05) is 5.69 Å². The van der Waals surface area contributed by atoms with Crippen molar-refractivity contribution < 1.29 is 0 Å². The fourth-order valence-electron chi connectivity index (χ4n) is 2.68. The molecule has 18 heavy (non-hydrogen) atoms. The number of benzene rings is 3. The maximum absolute atomic E-state index is 5.92. The molecule has 0 aliphatic rings. The summed E-state index contributed by atoms with van der Waals surface area (Å²) >= 11 is 0. The minimum absolute atomic E-state index is 0.815. The molecule has 1 nitrogen and oxygen atoms in total. The molecule has 0 spiro atoms. The van der Waals surface area contributed by atoms with Gasteiger partial charge in [0.05, 0.1) is 0 Å². The van der Waals surface area contributed by atoms with E-state index in [0.29, 0.717) is 0 Å². The van der Waals surface area contributed by atoms with Crippen LogP contribution < -0.4 is 5.73 Å². The standard InChI is InChI=1S/C17H15N/c1-3-12-5-4-6-13-7-8-14-10-15(18)9-11(2)16(14)17(12)13/h3-10H,1,18H2,2H3. The van der Waals surface area contributed by atoms with E-state index in [1.54, 1.807) is 0 Å². The van der Waals surface area contributed by atoms with Crippen molar-refractivity contribution in [3.63, 3.8) is 0 Å². The highest BCUT2D eigenvalue weighted by atomic mass is 14.5. The second-order valence-electron chi connectivity index (χ2n) is 4.65. The van der Waals surface area contributed by atoms with Crippen LogP contribution in [0.15, 0.2) is 49.0 Å². The second-order valence-corrected chi connectivity index (χ2v) is 4.65. The molecule has 0 saturated carbocycles. The minimum Gasteiger partial charge on any atom is -0.399 e. The Labute approximate surface area is 107 Å². The molecule has 2 N–H and O–H groups in total. The molecular formula is C17H15N. The molecule has 0 fully saturated rings. The first kappa shape index (κ1) is 10.8. The van der Waals surface area contributed by atoms with Gasteiger partial charge in [0.15, 0.2) is 0 Å². The van der Waals surface area contributed by atoms with Crippen molar-refractivity contribution in [2.45, 2.75) is 6.92 Å². The van der Waals surface area contributed by atoms with Crippen LogP contribution in [-0.4, -0.2) is 0 Å². The molecule has 0 aliphatic carbocycles. The van der Waals surface area contributed by atoms with Crippen LogP contribution in [0.4, 0.5) is 5.69 Å².